The third-order valence-corrected chi connectivity index (χ3v) is 1.77. The fourth-order valence-electron chi connectivity index (χ4n) is 0.763. The average molecular weight is 168 g/mol. The Hall–Kier alpha value is -0.480. The van der Waals surface area contributed by atoms with E-state index in [1.54, 1.807) is 6.08 Å². The van der Waals surface area contributed by atoms with Crippen molar-refractivity contribution in [3.63, 3.8) is 0 Å². The summed E-state index contributed by atoms with van der Waals surface area (Å²) in [4.78, 5) is 0. The lowest BCUT2D eigenvalue weighted by atomic mass is 10.1. The molecule has 0 N–H and O–H groups in total. The highest BCUT2D eigenvalue weighted by Crippen LogP contribution is 2.35. The average Bonchev–Trinajstić information content (AvgIpc) is 2.91. The van der Waals surface area contributed by atoms with Crippen molar-refractivity contribution in [2.75, 3.05) is 0 Å². The second-order valence-corrected chi connectivity index (χ2v) is 3.07. The van der Waals surface area contributed by atoms with Crippen LogP contribution < -0.4 is 0 Å². The highest BCUT2D eigenvalue weighted by Gasteiger charge is 2.23. The quantitative estimate of drug-likeness (QED) is 0.508. The van der Waals surface area contributed by atoms with Gasteiger partial charge in [0.15, 0.2) is 0 Å². The van der Waals surface area contributed by atoms with Crippen molar-refractivity contribution >= 4 is 0 Å². The summed E-state index contributed by atoms with van der Waals surface area (Å²) in [7, 11) is 0. The van der Waals surface area contributed by atoms with Gasteiger partial charge in [-0.05, 0) is 37.7 Å². The molecule has 1 rings (SSSR count). The first kappa shape index (κ1) is 14.1. The van der Waals surface area contributed by atoms with Crippen LogP contribution in [0.25, 0.3) is 0 Å². The van der Waals surface area contributed by atoms with Crippen LogP contribution in [0.5, 0.6) is 0 Å². The molecule has 0 unspecified atom stereocenters. The molecule has 0 aromatic carbocycles. The van der Waals surface area contributed by atoms with E-state index < -0.39 is 0 Å². The Kier molecular flexibility index (Phi) is 12.3. The van der Waals surface area contributed by atoms with Gasteiger partial charge in [-0.15, -0.1) is 5.73 Å². The van der Waals surface area contributed by atoms with Crippen molar-refractivity contribution < 1.29 is 0 Å². The molecule has 0 spiro atoms. The van der Waals surface area contributed by atoms with E-state index in [1.807, 2.05) is 20.8 Å². The predicted octanol–water partition coefficient (Wildman–Crippen LogP) is 4.43. The minimum absolute atomic E-state index is 0.963. The molecular formula is C12H24. The monoisotopic (exact) mass is 168 g/mol. The third-order valence-electron chi connectivity index (χ3n) is 1.77. The summed E-state index contributed by atoms with van der Waals surface area (Å²) >= 11 is 0. The molecule has 0 saturated heterocycles. The van der Waals surface area contributed by atoms with E-state index in [-0.39, 0.29) is 0 Å². The minimum Gasteiger partial charge on any atom is -0.133 e. The van der Waals surface area contributed by atoms with Crippen LogP contribution in [0.15, 0.2) is 18.4 Å². The number of hydrogen-bond donors (Lipinski definition) is 0. The lowest BCUT2D eigenvalue weighted by molar-refractivity contribution is 0.563. The Bertz CT molecular complexity index is 112. The van der Waals surface area contributed by atoms with Gasteiger partial charge < -0.3 is 0 Å². The van der Waals surface area contributed by atoms with Gasteiger partial charge in [-0.3, -0.25) is 0 Å². The van der Waals surface area contributed by atoms with Crippen LogP contribution >= 0.6 is 0 Å². The second-order valence-electron chi connectivity index (χ2n) is 3.07. The smallest absolute Gasteiger partial charge is 0.0391 e. The molecule has 1 aliphatic rings. The van der Waals surface area contributed by atoms with Gasteiger partial charge in [-0.2, -0.15) is 0 Å². The highest BCUT2D eigenvalue weighted by molar-refractivity contribution is 4.75. The van der Waals surface area contributed by atoms with Crippen molar-refractivity contribution in [3.8, 4) is 0 Å². The van der Waals surface area contributed by atoms with Crippen LogP contribution in [0.4, 0.5) is 0 Å². The summed E-state index contributed by atoms with van der Waals surface area (Å²) in [6, 6.07) is 0. The summed E-state index contributed by atoms with van der Waals surface area (Å²) < 4.78 is 0. The van der Waals surface area contributed by atoms with Gasteiger partial charge in [0.25, 0.3) is 0 Å². The SMILES string of the molecule is C=C=CC.CC.CC(C)C1CC1. The molecule has 72 valence electrons. The first-order valence-corrected chi connectivity index (χ1v) is 5.02. The molecule has 1 fully saturated rings. The topological polar surface area (TPSA) is 0 Å². The first-order valence-electron chi connectivity index (χ1n) is 5.02. The van der Waals surface area contributed by atoms with Gasteiger partial charge >= 0.3 is 0 Å². The molecule has 0 bridgehead atoms. The van der Waals surface area contributed by atoms with E-state index in [0.717, 1.165) is 11.8 Å². The Morgan fingerprint density at radius 3 is 1.67 bits per heavy atom. The molecule has 0 aromatic rings. The summed E-state index contributed by atoms with van der Waals surface area (Å²) in [6.07, 6.45) is 4.76. The predicted molar refractivity (Wildman–Crippen MR) is 58.3 cm³/mol. The molecule has 12 heavy (non-hydrogen) atoms. The Morgan fingerprint density at radius 2 is 1.67 bits per heavy atom. The zero-order valence-electron chi connectivity index (χ0n) is 9.35. The van der Waals surface area contributed by atoms with Crippen molar-refractivity contribution in [2.45, 2.75) is 47.5 Å². The van der Waals surface area contributed by atoms with Gasteiger partial charge in [-0.25, -0.2) is 0 Å². The molecular weight excluding hydrogens is 144 g/mol. The van der Waals surface area contributed by atoms with Gasteiger partial charge in [0.2, 0.25) is 0 Å². The molecule has 0 amide bonds. The van der Waals surface area contributed by atoms with Gasteiger partial charge in [0, 0.05) is 0 Å². The number of rotatable bonds is 1. The standard InChI is InChI=1S/C6H12.C4H6.C2H6/c1-5(2)6-3-4-6;1-3-4-2;1-2/h5-6H,3-4H2,1-2H3;4H,1H2,2H3;1-2H3. The zero-order chi connectivity index (χ0) is 9.98. The van der Waals surface area contributed by atoms with Gasteiger partial charge in [-0.1, -0.05) is 34.3 Å². The maximum atomic E-state index is 3.30. The largest absolute Gasteiger partial charge is 0.133 e. The Balaban J connectivity index is 0. The lowest BCUT2D eigenvalue weighted by Gasteiger charge is -1.94. The minimum atomic E-state index is 0.963. The number of allylic oxidation sites excluding steroid dienone is 1. The third kappa shape index (κ3) is 12.2. The van der Waals surface area contributed by atoms with E-state index in [4.69, 9.17) is 0 Å². The lowest BCUT2D eigenvalue weighted by Crippen LogP contribution is -1.85. The Morgan fingerprint density at radius 1 is 1.33 bits per heavy atom. The summed E-state index contributed by atoms with van der Waals surface area (Å²) in [5.74, 6) is 2.06. The van der Waals surface area contributed by atoms with E-state index >= 15 is 0 Å². The molecule has 0 heterocycles. The van der Waals surface area contributed by atoms with Crippen LogP contribution in [-0.4, -0.2) is 0 Å². The summed E-state index contributed by atoms with van der Waals surface area (Å²) in [5, 5.41) is 0. The molecule has 0 atom stereocenters. The summed E-state index contributed by atoms with van der Waals surface area (Å²) in [6.45, 7) is 13.8. The van der Waals surface area contributed by atoms with Crippen LogP contribution in [0.1, 0.15) is 47.5 Å². The van der Waals surface area contributed by atoms with Crippen molar-refractivity contribution in [1.29, 1.82) is 0 Å². The summed E-state index contributed by atoms with van der Waals surface area (Å²) in [5.41, 5.74) is 2.56. The van der Waals surface area contributed by atoms with Gasteiger partial charge in [0.05, 0.1) is 0 Å². The van der Waals surface area contributed by atoms with Crippen LogP contribution in [0.3, 0.4) is 0 Å². The Labute approximate surface area is 78.4 Å². The van der Waals surface area contributed by atoms with Crippen LogP contribution in [0.2, 0.25) is 0 Å². The fourth-order valence-corrected chi connectivity index (χ4v) is 0.763. The molecule has 0 aliphatic heterocycles. The van der Waals surface area contributed by atoms with Crippen LogP contribution in [-0.2, 0) is 0 Å². The van der Waals surface area contributed by atoms with E-state index in [0.29, 0.717) is 0 Å². The highest BCUT2D eigenvalue weighted by atomic mass is 14.3. The molecule has 0 nitrogen and oxygen atoms in total. The molecule has 1 saturated carbocycles. The molecule has 0 radical (unpaired) electrons. The van der Waals surface area contributed by atoms with E-state index in [2.05, 4.69) is 26.2 Å². The zero-order valence-corrected chi connectivity index (χ0v) is 9.35. The van der Waals surface area contributed by atoms with Crippen LogP contribution in [0, 0.1) is 11.8 Å². The fraction of sp³-hybridized carbons (Fsp3) is 0.750. The molecule has 1 aliphatic carbocycles. The molecule has 0 heteroatoms. The second kappa shape index (κ2) is 10.5. The molecule has 0 aromatic heterocycles. The first-order chi connectivity index (χ1) is 5.72. The van der Waals surface area contributed by atoms with Crippen molar-refractivity contribution in [1.82, 2.24) is 0 Å². The van der Waals surface area contributed by atoms with Gasteiger partial charge in [0.1, 0.15) is 0 Å². The maximum absolute atomic E-state index is 3.30. The normalized spacial score (nSPS) is 13.2. The maximum Gasteiger partial charge on any atom is -0.0391 e. The number of hydrogen-bond acceptors (Lipinski definition) is 0. The van der Waals surface area contributed by atoms with E-state index in [9.17, 15) is 0 Å². The van der Waals surface area contributed by atoms with Crippen molar-refractivity contribution in [3.05, 3.63) is 18.4 Å². The van der Waals surface area contributed by atoms with Crippen molar-refractivity contribution in [2.24, 2.45) is 11.8 Å². The van der Waals surface area contributed by atoms with E-state index in [1.165, 1.54) is 12.8 Å².